The number of rotatable bonds is 3. The minimum Gasteiger partial charge on any atom is -0.478 e. The van der Waals surface area contributed by atoms with E-state index in [1.165, 1.54) is 25.7 Å². The zero-order valence-electron chi connectivity index (χ0n) is 8.48. The van der Waals surface area contributed by atoms with Gasteiger partial charge >= 0.3 is 5.97 Å². The second kappa shape index (κ2) is 4.71. The van der Waals surface area contributed by atoms with Crippen molar-refractivity contribution in [2.24, 2.45) is 0 Å². The SMILES string of the molecule is O=C(O)c1ccccc1SC1CCCC1. The fourth-order valence-corrected chi connectivity index (χ4v) is 3.30. The molecular weight excluding hydrogens is 208 g/mol. The van der Waals surface area contributed by atoms with Crippen molar-refractivity contribution in [1.29, 1.82) is 0 Å². The molecule has 1 fully saturated rings. The molecule has 0 bridgehead atoms. The summed E-state index contributed by atoms with van der Waals surface area (Å²) in [7, 11) is 0. The lowest BCUT2D eigenvalue weighted by Crippen LogP contribution is -2.01. The second-order valence-corrected chi connectivity index (χ2v) is 5.17. The van der Waals surface area contributed by atoms with Gasteiger partial charge in [0.05, 0.1) is 5.56 Å². The molecular formula is C12H14O2S. The van der Waals surface area contributed by atoms with Crippen LogP contribution in [0.4, 0.5) is 0 Å². The first kappa shape index (κ1) is 10.6. The Bertz CT molecular complexity index is 356. The molecule has 15 heavy (non-hydrogen) atoms. The van der Waals surface area contributed by atoms with Crippen LogP contribution in [0.1, 0.15) is 36.0 Å². The van der Waals surface area contributed by atoms with Crippen LogP contribution in [0, 0.1) is 0 Å². The Labute approximate surface area is 93.7 Å². The highest BCUT2D eigenvalue weighted by Gasteiger charge is 2.18. The van der Waals surface area contributed by atoms with E-state index in [2.05, 4.69) is 0 Å². The van der Waals surface area contributed by atoms with Crippen LogP contribution in [-0.4, -0.2) is 16.3 Å². The van der Waals surface area contributed by atoms with E-state index in [9.17, 15) is 4.79 Å². The monoisotopic (exact) mass is 222 g/mol. The van der Waals surface area contributed by atoms with Gasteiger partial charge < -0.3 is 5.11 Å². The van der Waals surface area contributed by atoms with E-state index in [0.717, 1.165) is 4.90 Å². The summed E-state index contributed by atoms with van der Waals surface area (Å²) in [4.78, 5) is 11.9. The first-order chi connectivity index (χ1) is 7.27. The zero-order chi connectivity index (χ0) is 10.7. The maximum atomic E-state index is 11.0. The van der Waals surface area contributed by atoms with Crippen molar-refractivity contribution in [2.45, 2.75) is 35.8 Å². The van der Waals surface area contributed by atoms with Crippen molar-refractivity contribution in [3.05, 3.63) is 29.8 Å². The number of carboxylic acid groups (broad SMARTS) is 1. The number of benzene rings is 1. The van der Waals surface area contributed by atoms with Crippen LogP contribution in [0.3, 0.4) is 0 Å². The van der Waals surface area contributed by atoms with Crippen molar-refractivity contribution in [3.63, 3.8) is 0 Å². The highest BCUT2D eigenvalue weighted by Crippen LogP contribution is 2.36. The van der Waals surface area contributed by atoms with Crippen LogP contribution in [0.15, 0.2) is 29.2 Å². The third-order valence-corrected chi connectivity index (χ3v) is 4.13. The fourth-order valence-electron chi connectivity index (χ4n) is 1.93. The molecule has 2 nitrogen and oxygen atoms in total. The lowest BCUT2D eigenvalue weighted by Gasteiger charge is -2.10. The van der Waals surface area contributed by atoms with Crippen molar-refractivity contribution < 1.29 is 9.90 Å². The van der Waals surface area contributed by atoms with Crippen molar-refractivity contribution in [3.8, 4) is 0 Å². The molecule has 2 rings (SSSR count). The highest BCUT2D eigenvalue weighted by molar-refractivity contribution is 8.00. The van der Waals surface area contributed by atoms with Crippen LogP contribution >= 0.6 is 11.8 Å². The lowest BCUT2D eigenvalue weighted by atomic mass is 10.2. The van der Waals surface area contributed by atoms with Gasteiger partial charge in [-0.05, 0) is 25.0 Å². The first-order valence-electron chi connectivity index (χ1n) is 5.26. The van der Waals surface area contributed by atoms with Crippen molar-refractivity contribution in [2.75, 3.05) is 0 Å². The fraction of sp³-hybridized carbons (Fsp3) is 0.417. The molecule has 3 heteroatoms. The average molecular weight is 222 g/mol. The van der Waals surface area contributed by atoms with E-state index < -0.39 is 5.97 Å². The number of thioether (sulfide) groups is 1. The predicted octanol–water partition coefficient (Wildman–Crippen LogP) is 3.42. The summed E-state index contributed by atoms with van der Waals surface area (Å²) in [5.41, 5.74) is 0.439. The Hall–Kier alpha value is -0.960. The molecule has 0 aromatic heterocycles. The molecule has 0 atom stereocenters. The van der Waals surface area contributed by atoms with Gasteiger partial charge in [-0.15, -0.1) is 11.8 Å². The zero-order valence-corrected chi connectivity index (χ0v) is 9.30. The minimum absolute atomic E-state index is 0.439. The maximum Gasteiger partial charge on any atom is 0.336 e. The summed E-state index contributed by atoms with van der Waals surface area (Å²) < 4.78 is 0. The number of carboxylic acids is 1. The third-order valence-electron chi connectivity index (χ3n) is 2.71. The summed E-state index contributed by atoms with van der Waals surface area (Å²) in [6.07, 6.45) is 5.01. The Morgan fingerprint density at radius 2 is 1.93 bits per heavy atom. The molecule has 0 radical (unpaired) electrons. The summed E-state index contributed by atoms with van der Waals surface area (Å²) in [5.74, 6) is -0.823. The molecule has 1 N–H and O–H groups in total. The summed E-state index contributed by atoms with van der Waals surface area (Å²) in [6, 6.07) is 7.28. The van der Waals surface area contributed by atoms with Crippen LogP contribution in [0.2, 0.25) is 0 Å². The Kier molecular flexibility index (Phi) is 3.31. The van der Waals surface area contributed by atoms with Crippen LogP contribution in [0.5, 0.6) is 0 Å². The normalized spacial score (nSPS) is 16.8. The average Bonchev–Trinajstić information content (AvgIpc) is 2.71. The minimum atomic E-state index is -0.823. The van der Waals surface area contributed by atoms with Gasteiger partial charge in [0.2, 0.25) is 0 Å². The Morgan fingerprint density at radius 3 is 2.60 bits per heavy atom. The smallest absolute Gasteiger partial charge is 0.336 e. The van der Waals surface area contributed by atoms with Gasteiger partial charge in [-0.3, -0.25) is 0 Å². The summed E-state index contributed by atoms with van der Waals surface area (Å²) in [5, 5.41) is 9.64. The van der Waals surface area contributed by atoms with Gasteiger partial charge in [0.1, 0.15) is 0 Å². The van der Waals surface area contributed by atoms with Gasteiger partial charge in [-0.2, -0.15) is 0 Å². The lowest BCUT2D eigenvalue weighted by molar-refractivity contribution is 0.0693. The van der Waals surface area contributed by atoms with E-state index >= 15 is 0 Å². The van der Waals surface area contributed by atoms with Gasteiger partial charge in [0, 0.05) is 10.1 Å². The molecule has 0 aliphatic heterocycles. The van der Waals surface area contributed by atoms with Gasteiger partial charge in [0.25, 0.3) is 0 Å². The van der Waals surface area contributed by atoms with E-state index in [1.54, 1.807) is 23.9 Å². The summed E-state index contributed by atoms with van der Waals surface area (Å²) in [6.45, 7) is 0. The van der Waals surface area contributed by atoms with Crippen LogP contribution in [0.25, 0.3) is 0 Å². The molecule has 0 heterocycles. The second-order valence-electron chi connectivity index (χ2n) is 3.83. The Balaban J connectivity index is 2.15. The van der Waals surface area contributed by atoms with Crippen LogP contribution in [-0.2, 0) is 0 Å². The summed E-state index contributed by atoms with van der Waals surface area (Å²) >= 11 is 1.73. The largest absolute Gasteiger partial charge is 0.478 e. The van der Waals surface area contributed by atoms with E-state index in [1.807, 2.05) is 12.1 Å². The molecule has 80 valence electrons. The van der Waals surface area contributed by atoms with Crippen molar-refractivity contribution >= 4 is 17.7 Å². The molecule has 0 amide bonds. The van der Waals surface area contributed by atoms with Gasteiger partial charge in [-0.25, -0.2) is 4.79 Å². The number of carbonyl (C=O) groups is 1. The molecule has 0 unspecified atom stereocenters. The van der Waals surface area contributed by atoms with E-state index in [0.29, 0.717) is 10.8 Å². The molecule has 0 spiro atoms. The standard InChI is InChI=1S/C12H14O2S/c13-12(14)10-7-3-4-8-11(10)15-9-5-1-2-6-9/h3-4,7-9H,1-2,5-6H2,(H,13,14). The van der Waals surface area contributed by atoms with Crippen molar-refractivity contribution in [1.82, 2.24) is 0 Å². The topological polar surface area (TPSA) is 37.3 Å². The predicted molar refractivity (Wildman–Crippen MR) is 61.5 cm³/mol. The molecule has 1 aliphatic carbocycles. The van der Waals surface area contributed by atoms with E-state index in [-0.39, 0.29) is 0 Å². The number of aromatic carboxylic acids is 1. The molecule has 1 aliphatic rings. The quantitative estimate of drug-likeness (QED) is 0.851. The maximum absolute atomic E-state index is 11.0. The first-order valence-corrected chi connectivity index (χ1v) is 6.14. The van der Waals surface area contributed by atoms with Gasteiger partial charge in [0.15, 0.2) is 0 Å². The Morgan fingerprint density at radius 1 is 1.27 bits per heavy atom. The molecule has 1 saturated carbocycles. The van der Waals surface area contributed by atoms with Gasteiger partial charge in [-0.1, -0.05) is 25.0 Å². The molecule has 0 saturated heterocycles. The van der Waals surface area contributed by atoms with Crippen LogP contribution < -0.4 is 0 Å². The number of hydrogen-bond donors (Lipinski definition) is 1. The third kappa shape index (κ3) is 2.53. The molecule has 1 aromatic carbocycles. The number of hydrogen-bond acceptors (Lipinski definition) is 2. The molecule has 1 aromatic rings. The highest BCUT2D eigenvalue weighted by atomic mass is 32.2. The van der Waals surface area contributed by atoms with E-state index in [4.69, 9.17) is 5.11 Å².